The number of ketones is 1. The summed E-state index contributed by atoms with van der Waals surface area (Å²) in [6.45, 7) is 0.543. The second-order valence-electron chi connectivity index (χ2n) is 4.80. The number of hydrogen-bond acceptors (Lipinski definition) is 2. The first-order chi connectivity index (χ1) is 10.1. The molecule has 1 N–H and O–H groups in total. The molecule has 21 heavy (non-hydrogen) atoms. The van der Waals surface area contributed by atoms with E-state index in [0.29, 0.717) is 18.5 Å². The molecule has 0 unspecified atom stereocenters. The first kappa shape index (κ1) is 13.4. The number of rotatable bonds is 2. The van der Waals surface area contributed by atoms with Crippen molar-refractivity contribution in [1.82, 2.24) is 5.32 Å². The molecule has 0 fully saturated rings. The molecule has 2 aromatic rings. The Hall–Kier alpha value is -2.56. The number of carbonyl (C=O) groups is 2. The Morgan fingerprint density at radius 3 is 2.52 bits per heavy atom. The highest BCUT2D eigenvalue weighted by molar-refractivity contribution is 6.10. The first-order valence-corrected chi connectivity index (χ1v) is 6.48. The summed E-state index contributed by atoms with van der Waals surface area (Å²) in [7, 11) is 0. The summed E-state index contributed by atoms with van der Waals surface area (Å²) in [4.78, 5) is 24.0. The van der Waals surface area contributed by atoms with E-state index in [0.717, 1.165) is 17.7 Å². The molecule has 3 nitrogen and oxygen atoms in total. The summed E-state index contributed by atoms with van der Waals surface area (Å²) in [6.07, 6.45) is 0.670. The molecule has 2 aromatic carbocycles. The Morgan fingerprint density at radius 1 is 1.10 bits per heavy atom. The minimum atomic E-state index is -0.915. The van der Waals surface area contributed by atoms with Gasteiger partial charge in [0.05, 0.1) is 5.56 Å². The highest BCUT2D eigenvalue weighted by Gasteiger charge is 2.22. The van der Waals surface area contributed by atoms with Gasteiger partial charge in [-0.25, -0.2) is 8.78 Å². The molecule has 0 radical (unpaired) electrons. The molecule has 0 aromatic heterocycles. The molecular formula is C16H11F2NO2. The van der Waals surface area contributed by atoms with Gasteiger partial charge in [-0.3, -0.25) is 9.59 Å². The number of benzene rings is 2. The van der Waals surface area contributed by atoms with Gasteiger partial charge in [-0.05, 0) is 30.2 Å². The van der Waals surface area contributed by atoms with Crippen LogP contribution in [0.1, 0.15) is 31.8 Å². The summed E-state index contributed by atoms with van der Waals surface area (Å²) >= 11 is 0. The first-order valence-electron chi connectivity index (χ1n) is 6.48. The van der Waals surface area contributed by atoms with Crippen LogP contribution in [0.3, 0.4) is 0 Å². The van der Waals surface area contributed by atoms with E-state index in [-0.39, 0.29) is 11.5 Å². The lowest BCUT2D eigenvalue weighted by molar-refractivity contribution is 0.0946. The largest absolute Gasteiger partial charge is 0.352 e. The maximum Gasteiger partial charge on any atom is 0.251 e. The molecule has 0 saturated heterocycles. The summed E-state index contributed by atoms with van der Waals surface area (Å²) in [5, 5.41) is 2.67. The van der Waals surface area contributed by atoms with Crippen molar-refractivity contribution < 1.29 is 18.4 Å². The third kappa shape index (κ3) is 2.31. The van der Waals surface area contributed by atoms with Crippen molar-refractivity contribution in [3.8, 4) is 0 Å². The highest BCUT2D eigenvalue weighted by Crippen LogP contribution is 2.21. The van der Waals surface area contributed by atoms with Crippen LogP contribution < -0.4 is 5.32 Å². The Kier molecular flexibility index (Phi) is 3.25. The Labute approximate surface area is 119 Å². The van der Waals surface area contributed by atoms with Crippen molar-refractivity contribution in [3.63, 3.8) is 0 Å². The number of halogens is 2. The van der Waals surface area contributed by atoms with Crippen molar-refractivity contribution >= 4 is 11.7 Å². The fourth-order valence-electron chi connectivity index (χ4n) is 2.41. The van der Waals surface area contributed by atoms with E-state index < -0.39 is 23.0 Å². The van der Waals surface area contributed by atoms with Crippen LogP contribution in [0.15, 0.2) is 36.4 Å². The van der Waals surface area contributed by atoms with Crippen LogP contribution in [-0.4, -0.2) is 18.2 Å². The molecule has 0 saturated carbocycles. The molecule has 3 rings (SSSR count). The van der Waals surface area contributed by atoms with Crippen molar-refractivity contribution in [2.24, 2.45) is 0 Å². The Morgan fingerprint density at radius 2 is 1.81 bits per heavy atom. The van der Waals surface area contributed by atoms with E-state index in [2.05, 4.69) is 5.32 Å². The fourth-order valence-corrected chi connectivity index (χ4v) is 2.41. The average Bonchev–Trinajstić information content (AvgIpc) is 2.47. The zero-order valence-electron chi connectivity index (χ0n) is 11.0. The van der Waals surface area contributed by atoms with E-state index in [4.69, 9.17) is 0 Å². The van der Waals surface area contributed by atoms with Crippen LogP contribution >= 0.6 is 0 Å². The van der Waals surface area contributed by atoms with Crippen LogP contribution in [0.25, 0.3) is 0 Å². The van der Waals surface area contributed by atoms with E-state index in [1.165, 1.54) is 18.2 Å². The summed E-state index contributed by atoms with van der Waals surface area (Å²) in [5.74, 6) is -2.88. The lowest BCUT2D eigenvalue weighted by Crippen LogP contribution is -2.32. The molecule has 106 valence electrons. The summed E-state index contributed by atoms with van der Waals surface area (Å²) in [5.41, 5.74) is 0.691. The van der Waals surface area contributed by atoms with Crippen molar-refractivity contribution in [2.45, 2.75) is 6.42 Å². The van der Waals surface area contributed by atoms with Gasteiger partial charge in [0.25, 0.3) is 5.91 Å². The molecular weight excluding hydrogens is 276 g/mol. The number of carbonyl (C=O) groups excluding carboxylic acids is 2. The third-order valence-electron chi connectivity index (χ3n) is 3.49. The van der Waals surface area contributed by atoms with Gasteiger partial charge in [-0.1, -0.05) is 18.2 Å². The quantitative estimate of drug-likeness (QED) is 0.863. The van der Waals surface area contributed by atoms with Crippen LogP contribution in [0.4, 0.5) is 8.78 Å². The molecule has 5 heteroatoms. The topological polar surface area (TPSA) is 46.2 Å². The van der Waals surface area contributed by atoms with Gasteiger partial charge in [-0.2, -0.15) is 0 Å². The van der Waals surface area contributed by atoms with Gasteiger partial charge in [0, 0.05) is 17.7 Å². The molecule has 0 spiro atoms. The van der Waals surface area contributed by atoms with Crippen LogP contribution in [0, 0.1) is 11.6 Å². The maximum atomic E-state index is 13.7. The number of amides is 1. The van der Waals surface area contributed by atoms with Crippen molar-refractivity contribution in [3.05, 3.63) is 70.3 Å². The highest BCUT2D eigenvalue weighted by atomic mass is 19.1. The van der Waals surface area contributed by atoms with Gasteiger partial charge >= 0.3 is 0 Å². The average molecular weight is 287 g/mol. The van der Waals surface area contributed by atoms with Crippen molar-refractivity contribution in [2.75, 3.05) is 6.54 Å². The monoisotopic (exact) mass is 287 g/mol. The van der Waals surface area contributed by atoms with Gasteiger partial charge in [-0.15, -0.1) is 0 Å². The molecule has 1 aliphatic rings. The minimum absolute atomic E-state index is 0.0924. The van der Waals surface area contributed by atoms with Crippen LogP contribution in [-0.2, 0) is 6.42 Å². The standard InChI is InChI=1S/C16H11F2NO2/c17-12-2-1-3-13(18)14(12)15(20)10-5-4-9-6-7-19-16(21)11(9)8-10/h1-5,8H,6-7H2,(H,19,21). The van der Waals surface area contributed by atoms with E-state index in [9.17, 15) is 18.4 Å². The minimum Gasteiger partial charge on any atom is -0.352 e. The number of hydrogen-bond donors (Lipinski definition) is 1. The molecule has 0 bridgehead atoms. The summed E-state index contributed by atoms with van der Waals surface area (Å²) < 4.78 is 27.3. The van der Waals surface area contributed by atoms with Crippen molar-refractivity contribution in [1.29, 1.82) is 0 Å². The second kappa shape index (κ2) is 5.09. The van der Waals surface area contributed by atoms with E-state index in [1.54, 1.807) is 6.07 Å². The predicted molar refractivity (Wildman–Crippen MR) is 72.3 cm³/mol. The smallest absolute Gasteiger partial charge is 0.251 e. The number of nitrogens with one attached hydrogen (secondary N) is 1. The second-order valence-corrected chi connectivity index (χ2v) is 4.80. The molecule has 1 heterocycles. The predicted octanol–water partition coefficient (Wildman–Crippen LogP) is 2.48. The zero-order chi connectivity index (χ0) is 15.0. The normalized spacial score (nSPS) is 13.5. The van der Waals surface area contributed by atoms with Crippen LogP contribution in [0.5, 0.6) is 0 Å². The molecule has 1 amide bonds. The Bertz CT molecular complexity index is 736. The fraction of sp³-hybridized carbons (Fsp3) is 0.125. The summed E-state index contributed by atoms with van der Waals surface area (Å²) in [6, 6.07) is 7.79. The molecule has 0 aliphatic carbocycles. The zero-order valence-corrected chi connectivity index (χ0v) is 11.0. The Balaban J connectivity index is 2.07. The van der Waals surface area contributed by atoms with E-state index in [1.807, 2.05) is 0 Å². The van der Waals surface area contributed by atoms with Gasteiger partial charge in [0.2, 0.25) is 0 Å². The SMILES string of the molecule is O=C1NCCc2ccc(C(=O)c3c(F)cccc3F)cc21. The van der Waals surface area contributed by atoms with Gasteiger partial charge in [0.1, 0.15) is 11.6 Å². The maximum absolute atomic E-state index is 13.7. The third-order valence-corrected chi connectivity index (χ3v) is 3.49. The molecule has 1 aliphatic heterocycles. The number of fused-ring (bicyclic) bond motifs is 1. The lowest BCUT2D eigenvalue weighted by Gasteiger charge is -2.17. The molecule has 0 atom stereocenters. The van der Waals surface area contributed by atoms with E-state index >= 15 is 0 Å². The van der Waals surface area contributed by atoms with Gasteiger partial charge in [0.15, 0.2) is 5.78 Å². The van der Waals surface area contributed by atoms with Crippen LogP contribution in [0.2, 0.25) is 0 Å². The van der Waals surface area contributed by atoms with Gasteiger partial charge < -0.3 is 5.32 Å². The lowest BCUT2D eigenvalue weighted by atomic mass is 9.94.